The molecule has 0 aromatic heterocycles. The molecule has 7 nitrogen and oxygen atoms in total. The number of likely N-dealkylation sites (tertiary alicyclic amines) is 1. The number of benzene rings is 1. The monoisotopic (exact) mass is 348 g/mol. The highest BCUT2D eigenvalue weighted by Crippen LogP contribution is 2.35. The van der Waals surface area contributed by atoms with Crippen LogP contribution in [0.5, 0.6) is 5.75 Å². The van der Waals surface area contributed by atoms with Crippen molar-refractivity contribution < 1.29 is 24.2 Å². The summed E-state index contributed by atoms with van der Waals surface area (Å²) in [5, 5.41) is 9.65. The summed E-state index contributed by atoms with van der Waals surface area (Å²) >= 11 is 0. The van der Waals surface area contributed by atoms with E-state index in [1.807, 2.05) is 6.92 Å². The summed E-state index contributed by atoms with van der Waals surface area (Å²) in [6.45, 7) is 2.43. The van der Waals surface area contributed by atoms with E-state index in [0.29, 0.717) is 37.1 Å². The van der Waals surface area contributed by atoms with Crippen LogP contribution in [0, 0.1) is 5.41 Å². The van der Waals surface area contributed by atoms with Crippen molar-refractivity contribution in [3.8, 4) is 5.75 Å². The van der Waals surface area contributed by atoms with Crippen LogP contribution in [-0.2, 0) is 9.59 Å². The number of ether oxygens (including phenoxy) is 1. The summed E-state index contributed by atoms with van der Waals surface area (Å²) in [6, 6.07) is 6.48. The van der Waals surface area contributed by atoms with Crippen LogP contribution in [-0.4, -0.2) is 47.5 Å². The molecule has 0 radical (unpaired) electrons. The van der Waals surface area contributed by atoms with Crippen LogP contribution in [0.2, 0.25) is 0 Å². The first-order valence-electron chi connectivity index (χ1n) is 8.42. The van der Waals surface area contributed by atoms with E-state index in [1.54, 1.807) is 29.2 Å². The molecule has 0 spiro atoms. The quantitative estimate of drug-likeness (QED) is 0.778. The Bertz CT molecular complexity index is 657. The van der Waals surface area contributed by atoms with Gasteiger partial charge >= 0.3 is 5.97 Å². The van der Waals surface area contributed by atoms with Crippen LogP contribution in [0.3, 0.4) is 0 Å². The third-order valence-electron chi connectivity index (χ3n) is 4.51. The fourth-order valence-corrected chi connectivity index (χ4v) is 3.33. The van der Waals surface area contributed by atoms with Crippen molar-refractivity contribution >= 4 is 17.8 Å². The van der Waals surface area contributed by atoms with Crippen LogP contribution in [0.4, 0.5) is 0 Å². The number of nitrogens with zero attached hydrogens (tertiary/aromatic N) is 1. The summed E-state index contributed by atoms with van der Waals surface area (Å²) in [7, 11) is 0. The van der Waals surface area contributed by atoms with Gasteiger partial charge in [0.1, 0.15) is 5.75 Å². The summed E-state index contributed by atoms with van der Waals surface area (Å²) < 4.78 is 5.22. The van der Waals surface area contributed by atoms with Gasteiger partial charge in [0.25, 0.3) is 11.8 Å². The Morgan fingerprint density at radius 3 is 2.76 bits per heavy atom. The third-order valence-corrected chi connectivity index (χ3v) is 4.51. The molecule has 1 saturated heterocycles. The van der Waals surface area contributed by atoms with Crippen LogP contribution >= 0.6 is 0 Å². The van der Waals surface area contributed by atoms with E-state index in [-0.39, 0.29) is 19.1 Å². The lowest BCUT2D eigenvalue weighted by Gasteiger charge is -2.40. The van der Waals surface area contributed by atoms with Crippen molar-refractivity contribution in [2.75, 3.05) is 19.7 Å². The molecule has 0 aliphatic carbocycles. The highest BCUT2D eigenvalue weighted by Gasteiger charge is 2.42. The van der Waals surface area contributed by atoms with E-state index in [4.69, 9.17) is 10.5 Å². The maximum absolute atomic E-state index is 12.8. The molecule has 1 aromatic carbocycles. The Balaban J connectivity index is 2.15. The molecule has 1 aliphatic heterocycles. The second kappa shape index (κ2) is 8.00. The number of aliphatic carboxylic acids is 1. The average Bonchev–Trinajstić information content (AvgIpc) is 2.60. The number of carbonyl (C=O) groups excluding carboxylic acids is 2. The first-order valence-corrected chi connectivity index (χ1v) is 8.42. The molecule has 3 N–H and O–H groups in total. The van der Waals surface area contributed by atoms with E-state index >= 15 is 0 Å². The Labute approximate surface area is 146 Å². The molecule has 7 heteroatoms. The maximum Gasteiger partial charge on any atom is 0.311 e. The smallest absolute Gasteiger partial charge is 0.311 e. The van der Waals surface area contributed by atoms with Gasteiger partial charge in [-0.3, -0.25) is 14.4 Å². The molecule has 0 unspecified atom stereocenters. The summed E-state index contributed by atoms with van der Waals surface area (Å²) in [5.41, 5.74) is 4.58. The molecule has 1 aromatic rings. The van der Waals surface area contributed by atoms with Crippen LogP contribution in [0.1, 0.15) is 43.0 Å². The predicted octanol–water partition coefficient (Wildman–Crippen LogP) is 1.66. The molecule has 1 atom stereocenters. The summed E-state index contributed by atoms with van der Waals surface area (Å²) in [5.74, 6) is -1.30. The Morgan fingerprint density at radius 1 is 1.36 bits per heavy atom. The van der Waals surface area contributed by atoms with Gasteiger partial charge in [-0.1, -0.05) is 19.4 Å². The molecule has 25 heavy (non-hydrogen) atoms. The van der Waals surface area contributed by atoms with Gasteiger partial charge in [0.2, 0.25) is 0 Å². The van der Waals surface area contributed by atoms with Crippen molar-refractivity contribution in [2.45, 2.75) is 32.6 Å². The molecule has 2 rings (SSSR count). The first-order chi connectivity index (χ1) is 11.9. The number of nitrogens with two attached hydrogens (primary N) is 1. The predicted molar refractivity (Wildman–Crippen MR) is 91.2 cm³/mol. The molecule has 1 heterocycles. The van der Waals surface area contributed by atoms with Gasteiger partial charge in [0.05, 0.1) is 5.41 Å². The minimum Gasteiger partial charge on any atom is -0.484 e. The van der Waals surface area contributed by atoms with Crippen molar-refractivity contribution in [2.24, 2.45) is 11.1 Å². The Hall–Kier alpha value is -2.57. The van der Waals surface area contributed by atoms with E-state index in [0.717, 1.165) is 6.42 Å². The van der Waals surface area contributed by atoms with Crippen LogP contribution < -0.4 is 10.5 Å². The fourth-order valence-electron chi connectivity index (χ4n) is 3.33. The standard InChI is InChI=1S/C18H24N2O5/c1-2-7-18(17(23)24)8-4-9-20(12-18)16(22)13-5-3-6-14(10-13)25-11-15(19)21/h3,5-6,10H,2,4,7-9,11-12H2,1H3,(H2,19,21)(H,23,24)/t18-/m0/s1. The molecular formula is C18H24N2O5. The molecule has 136 valence electrons. The van der Waals surface area contributed by atoms with Gasteiger partial charge in [0.15, 0.2) is 6.61 Å². The number of amides is 2. The molecular weight excluding hydrogens is 324 g/mol. The van der Waals surface area contributed by atoms with E-state index in [9.17, 15) is 19.5 Å². The number of carboxylic acid groups (broad SMARTS) is 1. The molecule has 2 amide bonds. The second-order valence-corrected chi connectivity index (χ2v) is 6.45. The molecule has 1 aliphatic rings. The zero-order valence-electron chi connectivity index (χ0n) is 14.4. The van der Waals surface area contributed by atoms with Gasteiger partial charge in [-0.05, 0) is 37.5 Å². The van der Waals surface area contributed by atoms with Gasteiger partial charge in [-0.2, -0.15) is 0 Å². The Morgan fingerprint density at radius 2 is 2.12 bits per heavy atom. The molecule has 0 bridgehead atoms. The zero-order valence-corrected chi connectivity index (χ0v) is 14.4. The van der Waals surface area contributed by atoms with E-state index < -0.39 is 17.3 Å². The lowest BCUT2D eigenvalue weighted by atomic mass is 9.76. The fraction of sp³-hybridized carbons (Fsp3) is 0.500. The second-order valence-electron chi connectivity index (χ2n) is 6.45. The maximum atomic E-state index is 12.8. The number of hydrogen-bond donors (Lipinski definition) is 2. The zero-order chi connectivity index (χ0) is 18.4. The SMILES string of the molecule is CCC[C@]1(C(=O)O)CCCN(C(=O)c2cccc(OCC(N)=O)c2)C1. The highest BCUT2D eigenvalue weighted by molar-refractivity contribution is 5.95. The van der Waals surface area contributed by atoms with Crippen LogP contribution in [0.25, 0.3) is 0 Å². The van der Waals surface area contributed by atoms with E-state index in [1.165, 1.54) is 0 Å². The minimum atomic E-state index is -0.872. The topological polar surface area (TPSA) is 110 Å². The first kappa shape index (κ1) is 18.8. The van der Waals surface area contributed by atoms with E-state index in [2.05, 4.69) is 0 Å². The van der Waals surface area contributed by atoms with Crippen LogP contribution in [0.15, 0.2) is 24.3 Å². The van der Waals surface area contributed by atoms with Gasteiger partial charge in [0, 0.05) is 18.7 Å². The van der Waals surface area contributed by atoms with Crippen molar-refractivity contribution in [1.29, 1.82) is 0 Å². The lowest BCUT2D eigenvalue weighted by Crippen LogP contribution is -2.49. The number of hydrogen-bond acceptors (Lipinski definition) is 4. The number of primary amides is 1. The number of piperidine rings is 1. The summed E-state index contributed by atoms with van der Waals surface area (Å²) in [4.78, 5) is 37.0. The molecule has 0 saturated carbocycles. The van der Waals surface area contributed by atoms with Gasteiger partial charge in [-0.25, -0.2) is 0 Å². The summed E-state index contributed by atoms with van der Waals surface area (Å²) in [6.07, 6.45) is 2.55. The van der Waals surface area contributed by atoms with Crippen molar-refractivity contribution in [3.63, 3.8) is 0 Å². The average molecular weight is 348 g/mol. The Kier molecular flexibility index (Phi) is 6.01. The highest BCUT2D eigenvalue weighted by atomic mass is 16.5. The lowest BCUT2D eigenvalue weighted by molar-refractivity contribution is -0.152. The molecule has 1 fully saturated rings. The normalized spacial score (nSPS) is 20.1. The van der Waals surface area contributed by atoms with Gasteiger partial charge in [-0.15, -0.1) is 0 Å². The van der Waals surface area contributed by atoms with Gasteiger partial charge < -0.3 is 20.5 Å². The van der Waals surface area contributed by atoms with Crippen molar-refractivity contribution in [1.82, 2.24) is 4.90 Å². The third kappa shape index (κ3) is 4.49. The minimum absolute atomic E-state index is 0.210. The number of carboxylic acids is 1. The number of carbonyl (C=O) groups is 3. The largest absolute Gasteiger partial charge is 0.484 e. The van der Waals surface area contributed by atoms with Crippen molar-refractivity contribution in [3.05, 3.63) is 29.8 Å². The number of rotatable bonds is 7.